The van der Waals surface area contributed by atoms with Gasteiger partial charge >= 0.3 is 11.8 Å². The van der Waals surface area contributed by atoms with Crippen molar-refractivity contribution in [2.75, 3.05) is 13.2 Å². The molecule has 34 heavy (non-hydrogen) atoms. The molecule has 0 atom stereocenters. The molecule has 0 saturated carbocycles. The van der Waals surface area contributed by atoms with Gasteiger partial charge in [-0.3, -0.25) is 0 Å². The van der Waals surface area contributed by atoms with Crippen molar-refractivity contribution in [3.8, 4) is 33.8 Å². The van der Waals surface area contributed by atoms with Crippen LogP contribution in [0.4, 0.5) is 26.3 Å². The highest BCUT2D eigenvalue weighted by atomic mass is 19.3. The monoisotopic (exact) mass is 480 g/mol. The molecule has 3 aromatic carbocycles. The maximum atomic E-state index is 15.5. The summed E-state index contributed by atoms with van der Waals surface area (Å²) in [6, 6.07) is 10.5. The van der Waals surface area contributed by atoms with Crippen LogP contribution in [-0.4, -0.2) is 13.2 Å². The van der Waals surface area contributed by atoms with E-state index < -0.39 is 51.5 Å². The first-order valence-electron chi connectivity index (χ1n) is 10.9. The molecule has 0 N–H and O–H groups in total. The lowest BCUT2D eigenvalue weighted by molar-refractivity contribution is -0.227. The highest BCUT2D eigenvalue weighted by Crippen LogP contribution is 2.60. The van der Waals surface area contributed by atoms with Crippen molar-refractivity contribution in [2.24, 2.45) is 0 Å². The minimum absolute atomic E-state index is 0.0469. The highest BCUT2D eigenvalue weighted by Gasteiger charge is 2.65. The lowest BCUT2D eigenvalue weighted by Gasteiger charge is -2.35. The summed E-state index contributed by atoms with van der Waals surface area (Å²) in [5.74, 6) is -13.1. The van der Waals surface area contributed by atoms with Gasteiger partial charge in [0.25, 0.3) is 0 Å². The molecule has 2 nitrogen and oxygen atoms in total. The van der Waals surface area contributed by atoms with E-state index in [1.165, 1.54) is 25.1 Å². The van der Waals surface area contributed by atoms with Crippen LogP contribution >= 0.6 is 0 Å². The number of rotatable bonds is 7. The van der Waals surface area contributed by atoms with Gasteiger partial charge in [0.05, 0.1) is 24.3 Å². The van der Waals surface area contributed by atoms with Gasteiger partial charge in [-0.15, -0.1) is 0 Å². The molecule has 1 aliphatic carbocycles. The van der Waals surface area contributed by atoms with Crippen LogP contribution in [-0.2, 0) is 11.8 Å². The zero-order valence-electron chi connectivity index (χ0n) is 18.5. The van der Waals surface area contributed by atoms with Crippen LogP contribution in [0.2, 0.25) is 0 Å². The van der Waals surface area contributed by atoms with E-state index in [1.54, 1.807) is 12.1 Å². The molecular formula is C26H22F6O2. The van der Waals surface area contributed by atoms with Gasteiger partial charge in [0, 0.05) is 5.56 Å². The summed E-state index contributed by atoms with van der Waals surface area (Å²) in [7, 11) is 0. The van der Waals surface area contributed by atoms with Crippen molar-refractivity contribution < 1.29 is 35.8 Å². The number of hydrogen-bond acceptors (Lipinski definition) is 2. The lowest BCUT2D eigenvalue weighted by atomic mass is 9.78. The second-order valence-corrected chi connectivity index (χ2v) is 7.96. The Bertz CT molecular complexity index is 1200. The number of unbranched alkanes of at least 4 members (excludes halogenated alkanes) is 1. The van der Waals surface area contributed by atoms with E-state index in [0.29, 0.717) is 12.4 Å². The number of fused-ring (bicyclic) bond motifs is 3. The molecule has 3 aromatic rings. The van der Waals surface area contributed by atoms with Gasteiger partial charge in [0.2, 0.25) is 0 Å². The van der Waals surface area contributed by atoms with Gasteiger partial charge in [0.1, 0.15) is 11.6 Å². The van der Waals surface area contributed by atoms with E-state index in [2.05, 4.69) is 0 Å². The van der Waals surface area contributed by atoms with Crippen LogP contribution in [0.25, 0.3) is 22.3 Å². The summed E-state index contributed by atoms with van der Waals surface area (Å²) >= 11 is 0. The molecule has 0 bridgehead atoms. The van der Waals surface area contributed by atoms with E-state index in [1.807, 2.05) is 6.92 Å². The molecule has 0 amide bonds. The van der Waals surface area contributed by atoms with Crippen LogP contribution in [0.5, 0.6) is 11.5 Å². The summed E-state index contributed by atoms with van der Waals surface area (Å²) in [4.78, 5) is 0. The molecule has 1 aliphatic rings. The Morgan fingerprint density at radius 1 is 0.676 bits per heavy atom. The molecule has 0 spiro atoms. The first-order valence-corrected chi connectivity index (χ1v) is 10.9. The maximum absolute atomic E-state index is 15.5. The average Bonchev–Trinajstić information content (AvgIpc) is 2.80. The second kappa shape index (κ2) is 8.89. The van der Waals surface area contributed by atoms with Crippen LogP contribution in [0.15, 0.2) is 48.5 Å². The van der Waals surface area contributed by atoms with Crippen molar-refractivity contribution in [3.05, 3.63) is 71.3 Å². The van der Waals surface area contributed by atoms with E-state index >= 15 is 22.0 Å². The van der Waals surface area contributed by atoms with Crippen LogP contribution in [0, 0.1) is 11.6 Å². The zero-order chi connectivity index (χ0) is 24.7. The number of hydrogen-bond donors (Lipinski definition) is 0. The summed E-state index contributed by atoms with van der Waals surface area (Å²) in [6.45, 7) is 3.96. The Morgan fingerprint density at radius 2 is 1.24 bits per heavy atom. The van der Waals surface area contributed by atoms with Crippen molar-refractivity contribution in [2.45, 2.75) is 38.5 Å². The Balaban J connectivity index is 1.84. The fourth-order valence-corrected chi connectivity index (χ4v) is 4.06. The number of benzene rings is 3. The first-order chi connectivity index (χ1) is 16.1. The Kier molecular flexibility index (Phi) is 6.27. The van der Waals surface area contributed by atoms with Gasteiger partial charge in [-0.1, -0.05) is 37.6 Å². The Labute approximate surface area is 193 Å². The van der Waals surface area contributed by atoms with Crippen molar-refractivity contribution in [3.63, 3.8) is 0 Å². The Morgan fingerprint density at radius 3 is 1.82 bits per heavy atom. The zero-order valence-corrected chi connectivity index (χ0v) is 18.5. The van der Waals surface area contributed by atoms with Gasteiger partial charge in [-0.2, -0.15) is 17.6 Å². The van der Waals surface area contributed by atoms with E-state index in [0.717, 1.165) is 31.0 Å². The van der Waals surface area contributed by atoms with Crippen molar-refractivity contribution in [1.82, 2.24) is 0 Å². The van der Waals surface area contributed by atoms with Gasteiger partial charge in [-0.25, -0.2) is 8.78 Å². The lowest BCUT2D eigenvalue weighted by Crippen LogP contribution is -2.41. The van der Waals surface area contributed by atoms with Crippen molar-refractivity contribution >= 4 is 0 Å². The van der Waals surface area contributed by atoms with Gasteiger partial charge in [-0.05, 0) is 54.3 Å². The van der Waals surface area contributed by atoms with Crippen LogP contribution < -0.4 is 9.47 Å². The standard InChI is InChI=1S/C26H22F6O2/c1-3-5-14-34-16-8-6-15(7-9-16)17-10-11-18-19-12-13-20(33-4-2)24(28)22(19)26(31,32)25(29,30)21(18)23(17)27/h6-13H,3-5,14H2,1-2H3. The molecule has 0 unspecified atom stereocenters. The minimum Gasteiger partial charge on any atom is -0.494 e. The molecule has 0 aliphatic heterocycles. The summed E-state index contributed by atoms with van der Waals surface area (Å²) in [5.41, 5.74) is -4.02. The predicted octanol–water partition coefficient (Wildman–Crippen LogP) is 8.07. The number of alkyl halides is 4. The summed E-state index contributed by atoms with van der Waals surface area (Å²) in [6.07, 6.45) is 1.79. The van der Waals surface area contributed by atoms with Crippen LogP contribution in [0.1, 0.15) is 37.8 Å². The maximum Gasteiger partial charge on any atom is 0.343 e. The molecule has 4 rings (SSSR count). The van der Waals surface area contributed by atoms with Crippen LogP contribution in [0.3, 0.4) is 0 Å². The highest BCUT2D eigenvalue weighted by molar-refractivity contribution is 5.81. The molecule has 8 heteroatoms. The minimum atomic E-state index is -5.00. The fourth-order valence-electron chi connectivity index (χ4n) is 4.06. The van der Waals surface area contributed by atoms with E-state index in [4.69, 9.17) is 9.47 Å². The first kappa shape index (κ1) is 24.0. The van der Waals surface area contributed by atoms with Crippen molar-refractivity contribution in [1.29, 1.82) is 0 Å². The topological polar surface area (TPSA) is 18.5 Å². The molecular weight excluding hydrogens is 458 g/mol. The molecule has 0 aromatic heterocycles. The smallest absolute Gasteiger partial charge is 0.343 e. The SMILES string of the molecule is CCCCOc1ccc(-c2ccc3c(c2F)C(F)(F)C(F)(F)c2c-3ccc(OCC)c2F)cc1. The molecule has 0 radical (unpaired) electrons. The number of halogens is 6. The third-order valence-electron chi connectivity index (χ3n) is 5.79. The second-order valence-electron chi connectivity index (χ2n) is 7.96. The molecule has 0 heterocycles. The third kappa shape index (κ3) is 3.69. The fraction of sp³-hybridized carbons (Fsp3) is 0.308. The molecule has 0 saturated heterocycles. The average molecular weight is 480 g/mol. The largest absolute Gasteiger partial charge is 0.494 e. The van der Waals surface area contributed by atoms with E-state index in [-0.39, 0.29) is 17.7 Å². The normalized spacial score (nSPS) is 15.4. The van der Waals surface area contributed by atoms with Gasteiger partial charge < -0.3 is 9.47 Å². The quantitative estimate of drug-likeness (QED) is 0.251. The Hall–Kier alpha value is -3.16. The predicted molar refractivity (Wildman–Crippen MR) is 117 cm³/mol. The third-order valence-corrected chi connectivity index (χ3v) is 5.79. The number of ether oxygens (including phenoxy) is 2. The summed E-state index contributed by atoms with van der Waals surface area (Å²) in [5, 5.41) is 0. The summed E-state index contributed by atoms with van der Waals surface area (Å²) < 4.78 is 101. The van der Waals surface area contributed by atoms with E-state index in [9.17, 15) is 4.39 Å². The molecule has 180 valence electrons. The van der Waals surface area contributed by atoms with Gasteiger partial charge in [0.15, 0.2) is 11.6 Å². The molecule has 0 fully saturated rings.